The van der Waals surface area contributed by atoms with E-state index in [2.05, 4.69) is 6.92 Å². The van der Waals surface area contributed by atoms with Crippen LogP contribution in [0.15, 0.2) is 18.2 Å². The normalized spacial score (nSPS) is 12.8. The quantitative estimate of drug-likeness (QED) is 0.739. The average molecular weight is 261 g/mol. The molecule has 1 unspecified atom stereocenters. The predicted octanol–water partition coefficient (Wildman–Crippen LogP) is 4.65. The van der Waals surface area contributed by atoms with E-state index < -0.39 is 0 Å². The summed E-state index contributed by atoms with van der Waals surface area (Å²) in [6, 6.07) is 5.48. The molecule has 0 bridgehead atoms. The Balaban J connectivity index is 2.70. The van der Waals surface area contributed by atoms with Crippen LogP contribution in [0.1, 0.15) is 44.1 Å². The number of unbranched alkanes of at least 4 members (excludes halogenated alkanes) is 2. The first-order valence-corrected chi connectivity index (χ1v) is 6.50. The van der Waals surface area contributed by atoms with E-state index in [1.165, 1.54) is 12.8 Å². The highest BCUT2D eigenvalue weighted by Crippen LogP contribution is 2.30. The fourth-order valence-electron chi connectivity index (χ4n) is 1.82. The molecule has 0 fully saturated rings. The molecule has 0 amide bonds. The highest BCUT2D eigenvalue weighted by Gasteiger charge is 2.13. The molecule has 0 aliphatic heterocycles. The molecule has 1 nitrogen and oxygen atoms in total. The van der Waals surface area contributed by atoms with Crippen LogP contribution in [-0.4, -0.2) is 11.7 Å². The Morgan fingerprint density at radius 1 is 1.25 bits per heavy atom. The molecule has 1 N–H and O–H groups in total. The summed E-state index contributed by atoms with van der Waals surface area (Å²) in [6.45, 7) is 2.31. The summed E-state index contributed by atoms with van der Waals surface area (Å²) < 4.78 is 0. The third-order valence-electron chi connectivity index (χ3n) is 2.78. The zero-order valence-electron chi connectivity index (χ0n) is 9.55. The first-order valence-electron chi connectivity index (χ1n) is 5.74. The molecular formula is C13H18Cl2O. The number of benzene rings is 1. The molecular weight excluding hydrogens is 243 g/mol. The molecule has 0 aromatic heterocycles. The maximum absolute atomic E-state index is 9.38. The van der Waals surface area contributed by atoms with Gasteiger partial charge in [-0.25, -0.2) is 0 Å². The topological polar surface area (TPSA) is 20.2 Å². The van der Waals surface area contributed by atoms with Crippen LogP contribution in [0.4, 0.5) is 0 Å². The van der Waals surface area contributed by atoms with Crippen LogP contribution in [0.25, 0.3) is 0 Å². The molecule has 90 valence electrons. The van der Waals surface area contributed by atoms with Gasteiger partial charge in [0.2, 0.25) is 0 Å². The Bertz CT molecular complexity index is 326. The van der Waals surface area contributed by atoms with Crippen LogP contribution in [0.2, 0.25) is 10.0 Å². The second-order valence-electron chi connectivity index (χ2n) is 4.04. The van der Waals surface area contributed by atoms with E-state index in [-0.39, 0.29) is 12.5 Å². The Hall–Kier alpha value is -0.240. The largest absolute Gasteiger partial charge is 0.396 e. The van der Waals surface area contributed by atoms with Gasteiger partial charge in [0.25, 0.3) is 0 Å². The van der Waals surface area contributed by atoms with Gasteiger partial charge in [-0.3, -0.25) is 0 Å². The van der Waals surface area contributed by atoms with Gasteiger partial charge < -0.3 is 5.11 Å². The monoisotopic (exact) mass is 260 g/mol. The van der Waals surface area contributed by atoms with Crippen LogP contribution < -0.4 is 0 Å². The summed E-state index contributed by atoms with van der Waals surface area (Å²) in [5.41, 5.74) is 1.00. The number of aliphatic hydroxyl groups excluding tert-OH is 1. The molecule has 0 radical (unpaired) electrons. The van der Waals surface area contributed by atoms with Gasteiger partial charge in [0.1, 0.15) is 0 Å². The third kappa shape index (κ3) is 3.97. The minimum Gasteiger partial charge on any atom is -0.396 e. The van der Waals surface area contributed by atoms with Crippen LogP contribution in [0.3, 0.4) is 0 Å². The minimum absolute atomic E-state index is 0.135. The number of hydrogen-bond donors (Lipinski definition) is 1. The maximum atomic E-state index is 9.38. The third-order valence-corrected chi connectivity index (χ3v) is 3.34. The number of aliphatic hydroxyl groups is 1. The van der Waals surface area contributed by atoms with Crippen LogP contribution >= 0.6 is 23.2 Å². The van der Waals surface area contributed by atoms with Crippen molar-refractivity contribution >= 4 is 23.2 Å². The lowest BCUT2D eigenvalue weighted by atomic mass is 9.94. The Morgan fingerprint density at radius 3 is 2.56 bits per heavy atom. The molecule has 1 atom stereocenters. The van der Waals surface area contributed by atoms with Crippen molar-refractivity contribution in [3.05, 3.63) is 33.8 Å². The van der Waals surface area contributed by atoms with Crippen molar-refractivity contribution in [3.63, 3.8) is 0 Å². The molecule has 1 aromatic carbocycles. The summed E-state index contributed by atoms with van der Waals surface area (Å²) in [7, 11) is 0. The van der Waals surface area contributed by atoms with E-state index in [0.717, 1.165) is 18.4 Å². The highest BCUT2D eigenvalue weighted by molar-refractivity contribution is 6.35. The number of hydrogen-bond acceptors (Lipinski definition) is 1. The molecule has 1 aromatic rings. The van der Waals surface area contributed by atoms with E-state index in [0.29, 0.717) is 10.0 Å². The van der Waals surface area contributed by atoms with Gasteiger partial charge in [-0.05, 0) is 24.1 Å². The lowest BCUT2D eigenvalue weighted by Crippen LogP contribution is -2.05. The van der Waals surface area contributed by atoms with Crippen molar-refractivity contribution in [2.75, 3.05) is 6.61 Å². The van der Waals surface area contributed by atoms with Crippen LogP contribution in [-0.2, 0) is 0 Å². The van der Waals surface area contributed by atoms with Gasteiger partial charge in [0, 0.05) is 22.6 Å². The lowest BCUT2D eigenvalue weighted by Gasteiger charge is -2.16. The number of rotatable bonds is 6. The summed E-state index contributed by atoms with van der Waals surface area (Å²) in [5, 5.41) is 10.7. The van der Waals surface area contributed by atoms with E-state index in [4.69, 9.17) is 23.2 Å². The van der Waals surface area contributed by atoms with E-state index in [1.807, 2.05) is 12.1 Å². The fourth-order valence-corrected chi connectivity index (χ4v) is 2.38. The SMILES string of the molecule is CCCCCC(CO)c1ccc(Cl)cc1Cl. The lowest BCUT2D eigenvalue weighted by molar-refractivity contribution is 0.256. The Kier molecular flexibility index (Phi) is 6.18. The van der Waals surface area contributed by atoms with E-state index in [9.17, 15) is 5.11 Å². The highest BCUT2D eigenvalue weighted by atomic mass is 35.5. The molecule has 0 saturated carbocycles. The van der Waals surface area contributed by atoms with Crippen molar-refractivity contribution in [3.8, 4) is 0 Å². The van der Waals surface area contributed by atoms with Crippen molar-refractivity contribution < 1.29 is 5.11 Å². The fraction of sp³-hybridized carbons (Fsp3) is 0.538. The predicted molar refractivity (Wildman–Crippen MR) is 70.4 cm³/mol. The van der Waals surface area contributed by atoms with Gasteiger partial charge >= 0.3 is 0 Å². The average Bonchev–Trinajstić information content (AvgIpc) is 2.26. The van der Waals surface area contributed by atoms with Gasteiger partial charge in [-0.2, -0.15) is 0 Å². The summed E-state index contributed by atoms with van der Waals surface area (Å²) in [5.74, 6) is 0.135. The van der Waals surface area contributed by atoms with Gasteiger partial charge in [-0.1, -0.05) is 55.5 Å². The standard InChI is InChI=1S/C13H18Cl2O/c1-2-3-4-5-10(9-16)12-7-6-11(14)8-13(12)15/h6-8,10,16H,2-5,9H2,1H3. The van der Waals surface area contributed by atoms with Crippen molar-refractivity contribution in [2.24, 2.45) is 0 Å². The van der Waals surface area contributed by atoms with Crippen molar-refractivity contribution in [1.29, 1.82) is 0 Å². The Labute approximate surface area is 107 Å². The number of halogens is 2. The summed E-state index contributed by atoms with van der Waals surface area (Å²) in [4.78, 5) is 0. The molecule has 16 heavy (non-hydrogen) atoms. The molecule has 0 aliphatic rings. The second kappa shape index (κ2) is 7.16. The second-order valence-corrected chi connectivity index (χ2v) is 4.88. The molecule has 3 heteroatoms. The molecule has 0 spiro atoms. The van der Waals surface area contributed by atoms with Crippen LogP contribution in [0, 0.1) is 0 Å². The van der Waals surface area contributed by atoms with Gasteiger partial charge in [-0.15, -0.1) is 0 Å². The zero-order chi connectivity index (χ0) is 12.0. The molecule has 0 heterocycles. The van der Waals surface area contributed by atoms with Crippen molar-refractivity contribution in [2.45, 2.75) is 38.5 Å². The maximum Gasteiger partial charge on any atom is 0.0500 e. The minimum atomic E-state index is 0.135. The first-order chi connectivity index (χ1) is 7.69. The first kappa shape index (κ1) is 13.8. The van der Waals surface area contributed by atoms with Crippen LogP contribution in [0.5, 0.6) is 0 Å². The smallest absolute Gasteiger partial charge is 0.0500 e. The zero-order valence-corrected chi connectivity index (χ0v) is 11.1. The molecule has 1 rings (SSSR count). The van der Waals surface area contributed by atoms with E-state index in [1.54, 1.807) is 6.07 Å². The van der Waals surface area contributed by atoms with Gasteiger partial charge in [0.05, 0.1) is 0 Å². The summed E-state index contributed by atoms with van der Waals surface area (Å²) in [6.07, 6.45) is 4.49. The molecule has 0 aliphatic carbocycles. The summed E-state index contributed by atoms with van der Waals surface area (Å²) >= 11 is 12.0. The van der Waals surface area contributed by atoms with Gasteiger partial charge in [0.15, 0.2) is 0 Å². The van der Waals surface area contributed by atoms with Crippen molar-refractivity contribution in [1.82, 2.24) is 0 Å². The Morgan fingerprint density at radius 2 is 2.00 bits per heavy atom. The van der Waals surface area contributed by atoms with E-state index >= 15 is 0 Å². The molecule has 0 saturated heterocycles.